The lowest BCUT2D eigenvalue weighted by Crippen LogP contribution is -2.76. The highest BCUT2D eigenvalue weighted by atomic mass is 127. The number of hydrogen-bond donors (Lipinski definition) is 2. The summed E-state index contributed by atoms with van der Waals surface area (Å²) in [7, 11) is 0. The van der Waals surface area contributed by atoms with E-state index >= 15 is 0 Å². The number of phenols is 1. The molecule has 128 valence electrons. The summed E-state index contributed by atoms with van der Waals surface area (Å²) in [5.41, 5.74) is 1.18. The summed E-state index contributed by atoms with van der Waals surface area (Å²) in [5, 5.41) is 22.4. The molecule has 24 heavy (non-hydrogen) atoms. The summed E-state index contributed by atoms with van der Waals surface area (Å²) < 4.78 is 6.68. The molecule has 2 heterocycles. The van der Waals surface area contributed by atoms with Crippen LogP contribution in [-0.4, -0.2) is 49.9 Å². The number of rotatable bonds is 2. The maximum Gasteiger partial charge on any atom is 0.165 e. The number of alkyl halides is 1. The molecule has 4 aliphatic rings. The van der Waals surface area contributed by atoms with E-state index in [4.69, 9.17) is 4.74 Å². The second kappa shape index (κ2) is 4.89. The molecule has 5 heteroatoms. The van der Waals surface area contributed by atoms with Gasteiger partial charge in [-0.2, -0.15) is 0 Å². The first-order valence-corrected chi connectivity index (χ1v) is 10.0. The molecule has 4 nitrogen and oxygen atoms in total. The first-order valence-electron chi connectivity index (χ1n) is 8.76. The Morgan fingerprint density at radius 2 is 2.25 bits per heavy atom. The number of nitrogens with zero attached hydrogens (tertiary/aromatic N) is 1. The molecule has 1 saturated carbocycles. The number of halogens is 1. The predicted molar refractivity (Wildman–Crippen MR) is 100 cm³/mol. The maximum atomic E-state index is 12.0. The molecular weight excluding hydrogens is 417 g/mol. The van der Waals surface area contributed by atoms with Gasteiger partial charge < -0.3 is 14.9 Å². The molecule has 1 aromatic rings. The van der Waals surface area contributed by atoms with E-state index in [0.29, 0.717) is 9.67 Å². The standard InChI is InChI=1S/C19H22INO3/c1-2-8-21-9-7-18-15-11-3-4-13(22)16(15)24-17(18)12(20)5-6-19(18,23)14(21)10-11/h2-4,12,14,17,22-23H,1,5-10H2/t12-,14+,17-,18-,19?/m0/s1. The second-order valence-electron chi connectivity index (χ2n) is 7.69. The number of ether oxygens (including phenoxy) is 1. The molecule has 2 fully saturated rings. The third-order valence-electron chi connectivity index (χ3n) is 6.86. The molecule has 2 N–H and O–H groups in total. The average Bonchev–Trinajstić information content (AvgIpc) is 2.91. The number of likely N-dealkylation sites (tertiary alicyclic amines) is 1. The first kappa shape index (κ1) is 15.5. The Kier molecular flexibility index (Phi) is 3.15. The van der Waals surface area contributed by atoms with Crippen LogP contribution in [0.4, 0.5) is 0 Å². The Morgan fingerprint density at radius 3 is 3.04 bits per heavy atom. The van der Waals surface area contributed by atoms with E-state index in [9.17, 15) is 10.2 Å². The molecule has 2 aliphatic heterocycles. The molecule has 0 aromatic heterocycles. The van der Waals surface area contributed by atoms with Crippen molar-refractivity contribution in [3.63, 3.8) is 0 Å². The molecule has 5 rings (SSSR count). The minimum absolute atomic E-state index is 0.0485. The second-order valence-corrected chi connectivity index (χ2v) is 9.29. The topological polar surface area (TPSA) is 52.9 Å². The van der Waals surface area contributed by atoms with Gasteiger partial charge in [-0.1, -0.05) is 34.7 Å². The minimum Gasteiger partial charge on any atom is -0.504 e. The summed E-state index contributed by atoms with van der Waals surface area (Å²) >= 11 is 2.48. The summed E-state index contributed by atoms with van der Waals surface area (Å²) in [4.78, 5) is 2.39. The van der Waals surface area contributed by atoms with Crippen LogP contribution in [0.5, 0.6) is 11.5 Å². The van der Waals surface area contributed by atoms with Crippen molar-refractivity contribution >= 4 is 22.6 Å². The van der Waals surface area contributed by atoms with Crippen molar-refractivity contribution in [1.29, 1.82) is 0 Å². The van der Waals surface area contributed by atoms with Crippen LogP contribution in [0.15, 0.2) is 24.8 Å². The smallest absolute Gasteiger partial charge is 0.165 e. The molecule has 2 bridgehead atoms. The van der Waals surface area contributed by atoms with Crippen LogP contribution in [0.25, 0.3) is 0 Å². The maximum absolute atomic E-state index is 12.0. The Bertz CT molecular complexity index is 738. The fourth-order valence-electron chi connectivity index (χ4n) is 5.95. The number of aromatic hydroxyl groups is 1. The Balaban J connectivity index is 1.78. The molecule has 1 aromatic carbocycles. The predicted octanol–water partition coefficient (Wildman–Crippen LogP) is 2.54. The minimum atomic E-state index is -0.785. The number of piperidine rings is 1. The third kappa shape index (κ3) is 1.57. The van der Waals surface area contributed by atoms with Gasteiger partial charge in [0.2, 0.25) is 0 Å². The van der Waals surface area contributed by atoms with E-state index < -0.39 is 5.60 Å². The van der Waals surface area contributed by atoms with E-state index in [1.54, 1.807) is 6.07 Å². The van der Waals surface area contributed by atoms with Crippen molar-refractivity contribution < 1.29 is 14.9 Å². The summed E-state index contributed by atoms with van der Waals surface area (Å²) in [5.74, 6) is 0.852. The van der Waals surface area contributed by atoms with Gasteiger partial charge in [0, 0.05) is 22.1 Å². The lowest BCUT2D eigenvalue weighted by atomic mass is 9.49. The lowest BCUT2D eigenvalue weighted by molar-refractivity contribution is -0.180. The SMILES string of the molecule is C=CCN1CC[C@]23c4c5ccc(O)c4O[C@H]2[C@@H](I)CCC3(O)[C@H]1C5. The summed E-state index contributed by atoms with van der Waals surface area (Å²) in [6, 6.07) is 3.88. The van der Waals surface area contributed by atoms with Crippen molar-refractivity contribution in [2.75, 3.05) is 13.1 Å². The van der Waals surface area contributed by atoms with Gasteiger partial charge in [-0.05, 0) is 43.9 Å². The molecule has 1 spiro atoms. The van der Waals surface area contributed by atoms with Crippen LogP contribution < -0.4 is 4.74 Å². The van der Waals surface area contributed by atoms with Crippen molar-refractivity contribution in [3.05, 3.63) is 35.9 Å². The average molecular weight is 439 g/mol. The van der Waals surface area contributed by atoms with Gasteiger partial charge >= 0.3 is 0 Å². The van der Waals surface area contributed by atoms with Crippen molar-refractivity contribution in [2.24, 2.45) is 0 Å². The van der Waals surface area contributed by atoms with E-state index in [0.717, 1.165) is 44.3 Å². The van der Waals surface area contributed by atoms with E-state index in [1.807, 2.05) is 12.1 Å². The van der Waals surface area contributed by atoms with Gasteiger partial charge in [-0.25, -0.2) is 0 Å². The third-order valence-corrected chi connectivity index (χ3v) is 8.14. The molecule has 1 saturated heterocycles. The van der Waals surface area contributed by atoms with Gasteiger partial charge in [-0.3, -0.25) is 4.90 Å². The number of benzene rings is 1. The zero-order valence-electron chi connectivity index (χ0n) is 13.5. The van der Waals surface area contributed by atoms with Gasteiger partial charge in [0.15, 0.2) is 11.5 Å². The number of phenolic OH excluding ortho intramolecular Hbond substituents is 1. The summed E-state index contributed by atoms with van der Waals surface area (Å²) in [6.45, 7) is 5.65. The fourth-order valence-corrected chi connectivity index (χ4v) is 7.03. The van der Waals surface area contributed by atoms with Crippen LogP contribution in [0.3, 0.4) is 0 Å². The van der Waals surface area contributed by atoms with Gasteiger partial charge in [-0.15, -0.1) is 6.58 Å². The highest BCUT2D eigenvalue weighted by molar-refractivity contribution is 14.1. The molecule has 5 atom stereocenters. The van der Waals surface area contributed by atoms with Crippen molar-refractivity contribution in [3.8, 4) is 11.5 Å². The van der Waals surface area contributed by atoms with E-state index in [1.165, 1.54) is 5.56 Å². The Hall–Kier alpha value is -0.790. The van der Waals surface area contributed by atoms with Crippen LogP contribution in [0, 0.1) is 0 Å². The Morgan fingerprint density at radius 1 is 1.42 bits per heavy atom. The normalized spacial score (nSPS) is 42.3. The lowest BCUT2D eigenvalue weighted by Gasteiger charge is -2.63. The fraction of sp³-hybridized carbons (Fsp3) is 0.579. The van der Waals surface area contributed by atoms with Crippen LogP contribution in [0.2, 0.25) is 0 Å². The molecular formula is C19H22INO3. The Labute approximate surface area is 155 Å². The zero-order valence-corrected chi connectivity index (χ0v) is 15.7. The van der Waals surface area contributed by atoms with Gasteiger partial charge in [0.1, 0.15) is 6.10 Å². The van der Waals surface area contributed by atoms with Crippen LogP contribution in [0.1, 0.15) is 30.4 Å². The monoisotopic (exact) mass is 439 g/mol. The molecule has 2 aliphatic carbocycles. The van der Waals surface area contributed by atoms with Crippen molar-refractivity contribution in [2.45, 2.75) is 52.8 Å². The molecule has 0 radical (unpaired) electrons. The number of aliphatic hydroxyl groups is 1. The van der Waals surface area contributed by atoms with Crippen LogP contribution in [-0.2, 0) is 11.8 Å². The van der Waals surface area contributed by atoms with Crippen LogP contribution >= 0.6 is 22.6 Å². The van der Waals surface area contributed by atoms with E-state index in [-0.39, 0.29) is 23.3 Å². The summed E-state index contributed by atoms with van der Waals surface area (Å²) in [6.07, 6.45) is 5.33. The molecule has 1 unspecified atom stereocenters. The van der Waals surface area contributed by atoms with Gasteiger partial charge in [0.25, 0.3) is 0 Å². The zero-order chi connectivity index (χ0) is 16.7. The first-order chi connectivity index (χ1) is 11.5. The number of hydrogen-bond acceptors (Lipinski definition) is 4. The highest BCUT2D eigenvalue weighted by Crippen LogP contribution is 2.66. The van der Waals surface area contributed by atoms with Crippen molar-refractivity contribution in [1.82, 2.24) is 4.90 Å². The van der Waals surface area contributed by atoms with E-state index in [2.05, 4.69) is 34.1 Å². The highest BCUT2D eigenvalue weighted by Gasteiger charge is 2.72. The van der Waals surface area contributed by atoms with Gasteiger partial charge in [0.05, 0.1) is 11.0 Å². The molecule has 0 amide bonds. The largest absolute Gasteiger partial charge is 0.504 e. The quantitative estimate of drug-likeness (QED) is 0.423.